The summed E-state index contributed by atoms with van der Waals surface area (Å²) in [5, 5.41) is 12.4. The van der Waals surface area contributed by atoms with E-state index in [0.29, 0.717) is 17.5 Å². The van der Waals surface area contributed by atoms with Gasteiger partial charge in [0.15, 0.2) is 17.2 Å². The van der Waals surface area contributed by atoms with Gasteiger partial charge in [-0.3, -0.25) is 4.79 Å². The van der Waals surface area contributed by atoms with Gasteiger partial charge in [-0.2, -0.15) is 0 Å². The molecule has 0 saturated heterocycles. The zero-order valence-corrected chi connectivity index (χ0v) is 14.2. The predicted molar refractivity (Wildman–Crippen MR) is 91.4 cm³/mol. The van der Waals surface area contributed by atoms with Crippen LogP contribution in [0.5, 0.6) is 0 Å². The number of carbonyl (C=O) groups is 2. The number of aliphatic carboxylic acids is 1. The van der Waals surface area contributed by atoms with Crippen molar-refractivity contribution in [1.29, 1.82) is 0 Å². The number of hydrogen-bond donors (Lipinski definition) is 2. The van der Waals surface area contributed by atoms with Crippen molar-refractivity contribution in [2.45, 2.75) is 31.2 Å². The Morgan fingerprint density at radius 3 is 2.42 bits per heavy atom. The minimum absolute atomic E-state index is 0.181. The number of amides is 1. The molecule has 4 nitrogen and oxygen atoms in total. The van der Waals surface area contributed by atoms with E-state index < -0.39 is 35.0 Å². The van der Waals surface area contributed by atoms with Crippen LogP contribution in [0, 0.1) is 17.6 Å². The summed E-state index contributed by atoms with van der Waals surface area (Å²) < 4.78 is 26.5. The van der Waals surface area contributed by atoms with E-state index in [-0.39, 0.29) is 12.3 Å². The molecule has 2 aromatic carbocycles. The first kappa shape index (κ1) is 18.0. The van der Waals surface area contributed by atoms with Gasteiger partial charge in [-0.05, 0) is 42.0 Å². The summed E-state index contributed by atoms with van der Waals surface area (Å²) in [4.78, 5) is 24.6. The minimum atomic E-state index is -1.51. The largest absolute Gasteiger partial charge is 0.479 e. The highest BCUT2D eigenvalue weighted by Crippen LogP contribution is 2.48. The Kier molecular flexibility index (Phi) is 4.76. The maximum Gasteiger partial charge on any atom is 0.334 e. The summed E-state index contributed by atoms with van der Waals surface area (Å²) in [5.41, 5.74) is -0.478. The second-order valence-corrected chi connectivity index (χ2v) is 6.54. The third kappa shape index (κ3) is 3.19. The van der Waals surface area contributed by atoms with E-state index in [0.717, 1.165) is 12.1 Å². The van der Waals surface area contributed by atoms with Crippen LogP contribution in [0.1, 0.15) is 36.8 Å². The maximum absolute atomic E-state index is 13.4. The van der Waals surface area contributed by atoms with Gasteiger partial charge in [0.05, 0.1) is 0 Å². The number of halogens is 2. The molecule has 6 heteroatoms. The van der Waals surface area contributed by atoms with E-state index in [2.05, 4.69) is 5.32 Å². The first-order valence-electron chi connectivity index (χ1n) is 8.45. The van der Waals surface area contributed by atoms with Gasteiger partial charge in [0.1, 0.15) is 0 Å². The quantitative estimate of drug-likeness (QED) is 0.829. The van der Waals surface area contributed by atoms with Crippen molar-refractivity contribution in [2.75, 3.05) is 0 Å². The fraction of sp³-hybridized carbons (Fsp3) is 0.300. The fourth-order valence-electron chi connectivity index (χ4n) is 3.31. The Bertz CT molecular complexity index is 840. The lowest BCUT2D eigenvalue weighted by molar-refractivity contribution is -0.148. The monoisotopic (exact) mass is 359 g/mol. The van der Waals surface area contributed by atoms with Crippen LogP contribution in [0.3, 0.4) is 0 Å². The summed E-state index contributed by atoms with van der Waals surface area (Å²) in [6.45, 7) is 1.70. The lowest BCUT2D eigenvalue weighted by Crippen LogP contribution is -2.52. The van der Waals surface area contributed by atoms with Crippen LogP contribution in [0.15, 0.2) is 48.5 Å². The molecule has 0 bridgehead atoms. The molecule has 1 aliphatic carbocycles. The minimum Gasteiger partial charge on any atom is -0.479 e. The van der Waals surface area contributed by atoms with Gasteiger partial charge in [-0.1, -0.05) is 43.3 Å². The van der Waals surface area contributed by atoms with Gasteiger partial charge >= 0.3 is 5.97 Å². The molecule has 0 radical (unpaired) electrons. The van der Waals surface area contributed by atoms with Gasteiger partial charge in [-0.25, -0.2) is 13.6 Å². The summed E-state index contributed by atoms with van der Waals surface area (Å²) in [6.07, 6.45) is 0.658. The van der Waals surface area contributed by atoms with E-state index >= 15 is 0 Å². The van der Waals surface area contributed by atoms with Crippen molar-refractivity contribution >= 4 is 11.9 Å². The van der Waals surface area contributed by atoms with Crippen molar-refractivity contribution in [1.82, 2.24) is 5.32 Å². The van der Waals surface area contributed by atoms with Crippen LogP contribution in [0.4, 0.5) is 8.78 Å². The highest BCUT2D eigenvalue weighted by molar-refractivity contribution is 5.91. The predicted octanol–water partition coefficient (Wildman–Crippen LogP) is 3.57. The van der Waals surface area contributed by atoms with Crippen LogP contribution in [-0.2, 0) is 15.1 Å². The molecule has 0 aromatic heterocycles. The number of hydrogen-bond acceptors (Lipinski definition) is 2. The topological polar surface area (TPSA) is 66.4 Å². The average Bonchev–Trinajstić information content (AvgIpc) is 3.43. The van der Waals surface area contributed by atoms with Gasteiger partial charge < -0.3 is 10.4 Å². The Morgan fingerprint density at radius 2 is 1.85 bits per heavy atom. The van der Waals surface area contributed by atoms with Crippen molar-refractivity contribution in [3.05, 3.63) is 71.3 Å². The molecule has 0 spiro atoms. The Balaban J connectivity index is 1.79. The lowest BCUT2D eigenvalue weighted by Gasteiger charge is -2.30. The molecule has 3 rings (SSSR count). The molecule has 1 aliphatic rings. The molecular weight excluding hydrogens is 340 g/mol. The standard InChI is InChI=1S/C20H19F2NO3/c1-2-20(19(25)26,13-6-4-3-5-7-13)23-18(24)15-11-14(15)12-8-9-16(21)17(22)10-12/h3-10,14-15H,2,11H2,1H3,(H,23,24)(H,25,26). The number of rotatable bonds is 6. The van der Waals surface area contributed by atoms with Crippen LogP contribution < -0.4 is 5.32 Å². The van der Waals surface area contributed by atoms with E-state index in [1.165, 1.54) is 6.07 Å². The van der Waals surface area contributed by atoms with E-state index in [1.807, 2.05) is 0 Å². The van der Waals surface area contributed by atoms with Crippen molar-refractivity contribution < 1.29 is 23.5 Å². The van der Waals surface area contributed by atoms with Crippen molar-refractivity contribution in [3.8, 4) is 0 Å². The molecule has 3 unspecified atom stereocenters. The second kappa shape index (κ2) is 6.86. The molecule has 136 valence electrons. The summed E-state index contributed by atoms with van der Waals surface area (Å²) >= 11 is 0. The molecule has 3 atom stereocenters. The smallest absolute Gasteiger partial charge is 0.334 e. The molecule has 2 aromatic rings. The second-order valence-electron chi connectivity index (χ2n) is 6.54. The van der Waals surface area contributed by atoms with Gasteiger partial charge in [0.25, 0.3) is 0 Å². The van der Waals surface area contributed by atoms with Gasteiger partial charge in [-0.15, -0.1) is 0 Å². The maximum atomic E-state index is 13.4. The molecule has 1 saturated carbocycles. The molecule has 0 aliphatic heterocycles. The van der Waals surface area contributed by atoms with Crippen LogP contribution in [0.25, 0.3) is 0 Å². The number of carbonyl (C=O) groups excluding carboxylic acids is 1. The average molecular weight is 359 g/mol. The molecule has 0 heterocycles. The van der Waals surface area contributed by atoms with Crippen LogP contribution >= 0.6 is 0 Å². The number of nitrogens with one attached hydrogen (secondary N) is 1. The molecule has 1 amide bonds. The zero-order valence-electron chi connectivity index (χ0n) is 14.2. The molecular formula is C20H19F2NO3. The normalized spacial score (nSPS) is 20.9. The van der Waals surface area contributed by atoms with E-state index in [4.69, 9.17) is 0 Å². The fourth-order valence-corrected chi connectivity index (χ4v) is 3.31. The van der Waals surface area contributed by atoms with Crippen LogP contribution in [0.2, 0.25) is 0 Å². The van der Waals surface area contributed by atoms with Crippen molar-refractivity contribution in [2.24, 2.45) is 5.92 Å². The molecule has 1 fully saturated rings. The first-order valence-corrected chi connectivity index (χ1v) is 8.45. The van der Waals surface area contributed by atoms with Gasteiger partial charge in [0, 0.05) is 5.92 Å². The number of carboxylic acids is 1. The van der Waals surface area contributed by atoms with Gasteiger partial charge in [0.2, 0.25) is 5.91 Å². The number of benzene rings is 2. The summed E-state index contributed by atoms with van der Waals surface area (Å²) in [6, 6.07) is 12.1. The first-order chi connectivity index (χ1) is 12.4. The number of carboxylic acid groups (broad SMARTS) is 1. The third-order valence-corrected chi connectivity index (χ3v) is 5.00. The molecule has 2 N–H and O–H groups in total. The van der Waals surface area contributed by atoms with Crippen molar-refractivity contribution in [3.63, 3.8) is 0 Å². The zero-order chi connectivity index (χ0) is 18.9. The highest BCUT2D eigenvalue weighted by atomic mass is 19.2. The van der Waals surface area contributed by atoms with E-state index in [1.54, 1.807) is 37.3 Å². The lowest BCUT2D eigenvalue weighted by atomic mass is 9.87. The van der Waals surface area contributed by atoms with Crippen LogP contribution in [-0.4, -0.2) is 17.0 Å². The third-order valence-electron chi connectivity index (χ3n) is 5.00. The summed E-state index contributed by atoms with van der Waals surface area (Å²) in [7, 11) is 0. The van der Waals surface area contributed by atoms with E-state index in [9.17, 15) is 23.5 Å². The Morgan fingerprint density at radius 1 is 1.15 bits per heavy atom. The SMILES string of the molecule is CCC(NC(=O)C1CC1c1ccc(F)c(F)c1)(C(=O)O)c1ccccc1. The highest BCUT2D eigenvalue weighted by Gasteiger charge is 2.48. The molecule has 26 heavy (non-hydrogen) atoms. The Hall–Kier alpha value is -2.76. The Labute approximate surface area is 149 Å². The summed E-state index contributed by atoms with van der Waals surface area (Å²) in [5.74, 6) is -4.10.